The van der Waals surface area contributed by atoms with Gasteiger partial charge in [-0.25, -0.2) is 8.42 Å². The van der Waals surface area contributed by atoms with E-state index < -0.39 is 10.0 Å². The summed E-state index contributed by atoms with van der Waals surface area (Å²) in [6.07, 6.45) is 0. The molecule has 1 heterocycles. The molecule has 1 rings (SSSR count). The van der Waals surface area contributed by atoms with Gasteiger partial charge in [-0.05, 0) is 25.6 Å². The fourth-order valence-electron chi connectivity index (χ4n) is 1.45. The molecule has 0 aliphatic carbocycles. The van der Waals surface area contributed by atoms with Gasteiger partial charge in [0, 0.05) is 20.2 Å². The monoisotopic (exact) mass is 290 g/mol. The zero-order chi connectivity index (χ0) is 14.3. The van der Waals surface area contributed by atoms with Crippen LogP contribution in [0.15, 0.2) is 21.6 Å². The number of sulfonamides is 1. The van der Waals surface area contributed by atoms with Gasteiger partial charge in [-0.2, -0.15) is 4.31 Å². The Morgan fingerprint density at radius 3 is 2.74 bits per heavy atom. The molecule has 1 aromatic rings. The number of likely N-dealkylation sites (N-methyl/N-ethyl adjacent to an activating group) is 1. The van der Waals surface area contributed by atoms with Gasteiger partial charge < -0.3 is 14.5 Å². The zero-order valence-electron chi connectivity index (χ0n) is 11.7. The highest BCUT2D eigenvalue weighted by atomic mass is 32.2. The van der Waals surface area contributed by atoms with Crippen LogP contribution in [0.5, 0.6) is 0 Å². The number of hydrogen-bond donors (Lipinski definition) is 1. The Hall–Kier alpha value is -0.890. The molecule has 0 aliphatic heterocycles. The molecule has 0 aromatic carbocycles. The molecule has 1 aromatic heterocycles. The highest BCUT2D eigenvalue weighted by molar-refractivity contribution is 7.89. The fraction of sp³-hybridized carbons (Fsp3) is 0.667. The number of nitrogens with one attached hydrogen (secondary N) is 1. The molecular formula is C12H22N2O4S. The second kappa shape index (κ2) is 7.64. The molecule has 7 heteroatoms. The van der Waals surface area contributed by atoms with Crippen LogP contribution in [0.1, 0.15) is 19.6 Å². The molecule has 0 unspecified atom stereocenters. The van der Waals surface area contributed by atoms with Crippen LogP contribution in [0, 0.1) is 0 Å². The number of ether oxygens (including phenoxy) is 1. The first-order chi connectivity index (χ1) is 9.02. The summed E-state index contributed by atoms with van der Waals surface area (Å²) in [5.74, 6) is 0.610. The van der Waals surface area contributed by atoms with Gasteiger partial charge in [-0.3, -0.25) is 0 Å². The fourth-order valence-corrected chi connectivity index (χ4v) is 2.53. The Kier molecular flexibility index (Phi) is 6.50. The van der Waals surface area contributed by atoms with Gasteiger partial charge in [-0.15, -0.1) is 0 Å². The molecule has 0 aliphatic rings. The van der Waals surface area contributed by atoms with Gasteiger partial charge >= 0.3 is 0 Å². The van der Waals surface area contributed by atoms with E-state index in [-0.39, 0.29) is 5.09 Å². The average Bonchev–Trinajstić information content (AvgIpc) is 2.85. The van der Waals surface area contributed by atoms with Crippen molar-refractivity contribution in [2.24, 2.45) is 0 Å². The summed E-state index contributed by atoms with van der Waals surface area (Å²) < 4.78 is 36.1. The molecule has 0 saturated heterocycles. The maximum Gasteiger partial charge on any atom is 0.276 e. The van der Waals surface area contributed by atoms with Crippen molar-refractivity contribution in [2.75, 3.05) is 33.4 Å². The number of rotatable bonds is 9. The average molecular weight is 290 g/mol. The summed E-state index contributed by atoms with van der Waals surface area (Å²) in [5, 5.41) is 3.05. The van der Waals surface area contributed by atoms with Crippen LogP contribution in [-0.4, -0.2) is 46.1 Å². The maximum absolute atomic E-state index is 12.2. The van der Waals surface area contributed by atoms with Crippen molar-refractivity contribution in [3.8, 4) is 0 Å². The second-order valence-electron chi connectivity index (χ2n) is 4.02. The standard InChI is InChI=1S/C12H22N2O4S/c1-4-13-10-11-6-7-12(18-11)19(15,16)14(3)8-9-17-5-2/h6-7,13H,4-5,8-10H2,1-3H3. The van der Waals surface area contributed by atoms with Crippen molar-refractivity contribution in [3.63, 3.8) is 0 Å². The SMILES string of the molecule is CCNCc1ccc(S(=O)(=O)N(C)CCOCC)o1. The van der Waals surface area contributed by atoms with E-state index in [9.17, 15) is 8.42 Å². The minimum Gasteiger partial charge on any atom is -0.447 e. The van der Waals surface area contributed by atoms with Crippen LogP contribution in [0.2, 0.25) is 0 Å². The lowest BCUT2D eigenvalue weighted by molar-refractivity contribution is 0.138. The van der Waals surface area contributed by atoms with Crippen molar-refractivity contribution in [1.82, 2.24) is 9.62 Å². The van der Waals surface area contributed by atoms with Gasteiger partial charge in [0.25, 0.3) is 10.0 Å². The van der Waals surface area contributed by atoms with Crippen molar-refractivity contribution < 1.29 is 17.6 Å². The van der Waals surface area contributed by atoms with Gasteiger partial charge in [0.15, 0.2) is 0 Å². The van der Waals surface area contributed by atoms with Gasteiger partial charge in [-0.1, -0.05) is 6.92 Å². The Morgan fingerprint density at radius 1 is 1.37 bits per heavy atom. The van der Waals surface area contributed by atoms with Crippen LogP contribution < -0.4 is 5.32 Å². The molecule has 110 valence electrons. The Balaban J connectivity index is 2.68. The molecule has 19 heavy (non-hydrogen) atoms. The van der Waals surface area contributed by atoms with Crippen LogP contribution in [-0.2, 0) is 21.3 Å². The van der Waals surface area contributed by atoms with Gasteiger partial charge in [0.1, 0.15) is 5.76 Å². The molecular weight excluding hydrogens is 268 g/mol. The van der Waals surface area contributed by atoms with Crippen molar-refractivity contribution >= 4 is 10.0 Å². The minimum atomic E-state index is -3.56. The van der Waals surface area contributed by atoms with Crippen LogP contribution in [0.4, 0.5) is 0 Å². The molecule has 0 atom stereocenters. The topological polar surface area (TPSA) is 71.8 Å². The number of furan rings is 1. The van der Waals surface area contributed by atoms with Crippen LogP contribution in [0.25, 0.3) is 0 Å². The molecule has 1 N–H and O–H groups in total. The van der Waals surface area contributed by atoms with E-state index in [1.54, 1.807) is 6.07 Å². The van der Waals surface area contributed by atoms with E-state index in [0.717, 1.165) is 6.54 Å². The van der Waals surface area contributed by atoms with Crippen LogP contribution >= 0.6 is 0 Å². The lowest BCUT2D eigenvalue weighted by Gasteiger charge is -2.14. The summed E-state index contributed by atoms with van der Waals surface area (Å²) in [6.45, 7) is 6.42. The molecule has 0 fully saturated rings. The van der Waals surface area contributed by atoms with E-state index in [1.165, 1.54) is 17.4 Å². The minimum absolute atomic E-state index is 0.0283. The lowest BCUT2D eigenvalue weighted by atomic mass is 10.4. The normalized spacial score (nSPS) is 12.2. The van der Waals surface area contributed by atoms with Crippen LogP contribution in [0.3, 0.4) is 0 Å². The van der Waals surface area contributed by atoms with Crippen molar-refractivity contribution in [2.45, 2.75) is 25.5 Å². The predicted molar refractivity (Wildman–Crippen MR) is 72.4 cm³/mol. The first kappa shape index (κ1) is 16.2. The molecule has 0 radical (unpaired) electrons. The lowest BCUT2D eigenvalue weighted by Crippen LogP contribution is -2.30. The first-order valence-corrected chi connectivity index (χ1v) is 7.79. The third-order valence-corrected chi connectivity index (χ3v) is 4.34. The second-order valence-corrected chi connectivity index (χ2v) is 6.00. The largest absolute Gasteiger partial charge is 0.447 e. The number of hydrogen-bond acceptors (Lipinski definition) is 5. The Bertz CT molecular complexity index is 470. The van der Waals surface area contributed by atoms with E-state index in [0.29, 0.717) is 32.1 Å². The van der Waals surface area contributed by atoms with E-state index in [2.05, 4.69) is 5.32 Å². The summed E-state index contributed by atoms with van der Waals surface area (Å²) in [7, 11) is -2.05. The molecule has 0 amide bonds. The van der Waals surface area contributed by atoms with Gasteiger partial charge in [0.2, 0.25) is 5.09 Å². The summed E-state index contributed by atoms with van der Waals surface area (Å²) >= 11 is 0. The quantitative estimate of drug-likeness (QED) is 0.688. The molecule has 6 nitrogen and oxygen atoms in total. The van der Waals surface area contributed by atoms with E-state index >= 15 is 0 Å². The van der Waals surface area contributed by atoms with Crippen molar-refractivity contribution in [3.05, 3.63) is 17.9 Å². The summed E-state index contributed by atoms with van der Waals surface area (Å²) in [6, 6.07) is 3.16. The van der Waals surface area contributed by atoms with E-state index in [4.69, 9.17) is 9.15 Å². The van der Waals surface area contributed by atoms with Crippen molar-refractivity contribution in [1.29, 1.82) is 0 Å². The number of nitrogens with zero attached hydrogens (tertiary/aromatic N) is 1. The zero-order valence-corrected chi connectivity index (χ0v) is 12.5. The molecule has 0 bridgehead atoms. The van der Waals surface area contributed by atoms with Gasteiger partial charge in [0.05, 0.1) is 13.2 Å². The smallest absolute Gasteiger partial charge is 0.276 e. The summed E-state index contributed by atoms with van der Waals surface area (Å²) in [4.78, 5) is 0. The predicted octanol–water partition coefficient (Wildman–Crippen LogP) is 1.05. The third-order valence-electron chi connectivity index (χ3n) is 2.61. The Morgan fingerprint density at radius 2 is 2.11 bits per heavy atom. The molecule has 0 saturated carbocycles. The molecule has 0 spiro atoms. The highest BCUT2D eigenvalue weighted by Gasteiger charge is 2.24. The summed E-state index contributed by atoms with van der Waals surface area (Å²) in [5.41, 5.74) is 0. The highest BCUT2D eigenvalue weighted by Crippen LogP contribution is 2.17. The third kappa shape index (κ3) is 4.61. The maximum atomic E-state index is 12.2. The Labute approximate surface area is 114 Å². The van der Waals surface area contributed by atoms with E-state index in [1.807, 2.05) is 13.8 Å². The first-order valence-electron chi connectivity index (χ1n) is 6.35.